The molecule has 0 unspecified atom stereocenters. The van der Waals surface area contributed by atoms with Crippen molar-refractivity contribution in [2.45, 2.75) is 32.2 Å². The van der Waals surface area contributed by atoms with Crippen LogP contribution >= 0.6 is 0 Å². The van der Waals surface area contributed by atoms with Crippen LogP contribution in [0.15, 0.2) is 48.5 Å². The van der Waals surface area contributed by atoms with Crippen molar-refractivity contribution in [2.24, 2.45) is 0 Å². The highest BCUT2D eigenvalue weighted by atomic mass is 16.6. The smallest absolute Gasteiger partial charge is 0.344 e. The summed E-state index contributed by atoms with van der Waals surface area (Å²) < 4.78 is 15.9. The van der Waals surface area contributed by atoms with Crippen molar-refractivity contribution < 1.29 is 23.8 Å². The van der Waals surface area contributed by atoms with Crippen LogP contribution in [-0.4, -0.2) is 32.2 Å². The van der Waals surface area contributed by atoms with E-state index in [0.29, 0.717) is 11.5 Å². The number of carbonyl (C=O) groups excluding carboxylic acids is 2. The molecule has 1 N–H and O–H groups in total. The quantitative estimate of drug-likeness (QED) is 0.671. The number of nitrogens with one attached hydrogen (secondary N) is 1. The predicted octanol–water partition coefficient (Wildman–Crippen LogP) is 3.84. The number of carbonyl (C=O) groups is 2. The van der Waals surface area contributed by atoms with Crippen molar-refractivity contribution in [1.82, 2.24) is 5.32 Å². The monoisotopic (exact) mass is 409 g/mol. The third-order valence-corrected chi connectivity index (χ3v) is 4.96. The standard InChI is InChI=1S/C24H27NO5/c1-3-7-17-12-13-21(22(14-17)28-2)29-16-24(27)30-15-23(26)25-20-11-6-9-18-8-4-5-10-19(18)20/h3-5,7-8,10,12-14,20H,6,9,11,15-16H2,1-2H3,(H,25,26)/b7-3+/t20-/m1/s1. The van der Waals surface area contributed by atoms with Crippen LogP contribution in [0.1, 0.15) is 42.5 Å². The van der Waals surface area contributed by atoms with Crippen LogP contribution in [-0.2, 0) is 20.7 Å². The summed E-state index contributed by atoms with van der Waals surface area (Å²) in [5.74, 6) is 0.0187. The third kappa shape index (κ3) is 5.63. The molecule has 3 rings (SSSR count). The first-order valence-electron chi connectivity index (χ1n) is 10.1. The maximum atomic E-state index is 12.2. The lowest BCUT2D eigenvalue weighted by Crippen LogP contribution is -2.34. The van der Waals surface area contributed by atoms with Crippen LogP contribution in [0, 0.1) is 0 Å². The molecule has 0 heterocycles. The molecule has 30 heavy (non-hydrogen) atoms. The number of amides is 1. The highest BCUT2D eigenvalue weighted by Crippen LogP contribution is 2.30. The lowest BCUT2D eigenvalue weighted by Gasteiger charge is -2.26. The summed E-state index contributed by atoms with van der Waals surface area (Å²) in [5, 5.41) is 2.96. The number of benzene rings is 2. The summed E-state index contributed by atoms with van der Waals surface area (Å²) in [6, 6.07) is 13.5. The van der Waals surface area contributed by atoms with E-state index in [1.807, 2.05) is 49.4 Å². The number of rotatable bonds is 8. The Balaban J connectivity index is 1.47. The Kier molecular flexibility index (Phi) is 7.49. The molecule has 6 heteroatoms. The fourth-order valence-electron chi connectivity index (χ4n) is 3.56. The molecule has 1 atom stereocenters. The first-order valence-corrected chi connectivity index (χ1v) is 10.1. The number of allylic oxidation sites excluding steroid dienone is 1. The molecular formula is C24H27NO5. The second-order valence-electron chi connectivity index (χ2n) is 7.07. The topological polar surface area (TPSA) is 73.9 Å². The van der Waals surface area contributed by atoms with Gasteiger partial charge in [-0.2, -0.15) is 0 Å². The molecule has 0 aliphatic heterocycles. The average molecular weight is 409 g/mol. The minimum absolute atomic E-state index is 0.0441. The van der Waals surface area contributed by atoms with E-state index in [-0.39, 0.29) is 25.2 Å². The van der Waals surface area contributed by atoms with Gasteiger partial charge in [-0.05, 0) is 55.0 Å². The maximum Gasteiger partial charge on any atom is 0.344 e. The number of aryl methyl sites for hydroxylation is 1. The predicted molar refractivity (Wildman–Crippen MR) is 114 cm³/mol. The number of hydrogen-bond acceptors (Lipinski definition) is 5. The fourth-order valence-corrected chi connectivity index (χ4v) is 3.56. The van der Waals surface area contributed by atoms with E-state index in [9.17, 15) is 9.59 Å². The van der Waals surface area contributed by atoms with Gasteiger partial charge in [0.25, 0.3) is 5.91 Å². The molecule has 0 saturated heterocycles. The summed E-state index contributed by atoms with van der Waals surface area (Å²) in [4.78, 5) is 24.2. The van der Waals surface area contributed by atoms with Gasteiger partial charge in [-0.15, -0.1) is 0 Å². The zero-order valence-corrected chi connectivity index (χ0v) is 17.4. The molecule has 2 aromatic rings. The molecule has 0 saturated carbocycles. The number of methoxy groups -OCH3 is 1. The molecule has 0 fully saturated rings. The van der Waals surface area contributed by atoms with Crippen molar-refractivity contribution in [1.29, 1.82) is 0 Å². The Morgan fingerprint density at radius 1 is 1.13 bits per heavy atom. The van der Waals surface area contributed by atoms with Crippen LogP contribution < -0.4 is 14.8 Å². The van der Waals surface area contributed by atoms with Gasteiger partial charge < -0.3 is 19.5 Å². The minimum atomic E-state index is -0.617. The van der Waals surface area contributed by atoms with Crippen molar-refractivity contribution in [3.8, 4) is 11.5 Å². The molecule has 2 aromatic carbocycles. The van der Waals surface area contributed by atoms with Crippen LogP contribution in [0.25, 0.3) is 6.08 Å². The second-order valence-corrected chi connectivity index (χ2v) is 7.07. The Labute approximate surface area is 176 Å². The first-order chi connectivity index (χ1) is 14.6. The van der Waals surface area contributed by atoms with E-state index < -0.39 is 5.97 Å². The summed E-state index contributed by atoms with van der Waals surface area (Å²) >= 11 is 0. The normalized spacial score (nSPS) is 15.3. The molecule has 1 amide bonds. The van der Waals surface area contributed by atoms with Gasteiger partial charge in [0.2, 0.25) is 0 Å². The van der Waals surface area contributed by atoms with E-state index >= 15 is 0 Å². The van der Waals surface area contributed by atoms with E-state index in [1.165, 1.54) is 12.7 Å². The van der Waals surface area contributed by atoms with Gasteiger partial charge in [0.05, 0.1) is 13.2 Å². The van der Waals surface area contributed by atoms with Gasteiger partial charge in [0.15, 0.2) is 24.7 Å². The highest BCUT2D eigenvalue weighted by molar-refractivity contribution is 5.81. The number of hydrogen-bond donors (Lipinski definition) is 1. The van der Waals surface area contributed by atoms with E-state index in [0.717, 1.165) is 30.4 Å². The number of esters is 1. The Morgan fingerprint density at radius 3 is 2.77 bits per heavy atom. The Hall–Kier alpha value is -3.28. The Bertz CT molecular complexity index is 922. The molecule has 0 spiro atoms. The fraction of sp³-hybridized carbons (Fsp3) is 0.333. The number of ether oxygens (including phenoxy) is 3. The zero-order valence-electron chi connectivity index (χ0n) is 17.4. The minimum Gasteiger partial charge on any atom is -0.493 e. The van der Waals surface area contributed by atoms with Crippen LogP contribution in [0.4, 0.5) is 0 Å². The second kappa shape index (κ2) is 10.5. The zero-order chi connectivity index (χ0) is 21.3. The summed E-state index contributed by atoms with van der Waals surface area (Å²) in [7, 11) is 1.54. The summed E-state index contributed by atoms with van der Waals surface area (Å²) in [5.41, 5.74) is 3.36. The third-order valence-electron chi connectivity index (χ3n) is 4.96. The molecule has 158 valence electrons. The van der Waals surface area contributed by atoms with E-state index in [4.69, 9.17) is 14.2 Å². The summed E-state index contributed by atoms with van der Waals surface area (Å²) in [6.45, 7) is 1.28. The van der Waals surface area contributed by atoms with Gasteiger partial charge in [-0.25, -0.2) is 4.79 Å². The molecular weight excluding hydrogens is 382 g/mol. The van der Waals surface area contributed by atoms with Crippen LogP contribution in [0.5, 0.6) is 11.5 Å². The molecule has 1 aliphatic rings. The molecule has 0 bridgehead atoms. The lowest BCUT2D eigenvalue weighted by atomic mass is 9.88. The number of fused-ring (bicyclic) bond motifs is 1. The van der Waals surface area contributed by atoms with Crippen LogP contribution in [0.3, 0.4) is 0 Å². The van der Waals surface area contributed by atoms with Gasteiger partial charge >= 0.3 is 5.97 Å². The largest absolute Gasteiger partial charge is 0.493 e. The maximum absolute atomic E-state index is 12.2. The van der Waals surface area contributed by atoms with E-state index in [1.54, 1.807) is 6.07 Å². The molecule has 0 radical (unpaired) electrons. The van der Waals surface area contributed by atoms with E-state index in [2.05, 4.69) is 11.4 Å². The lowest BCUT2D eigenvalue weighted by molar-refractivity contribution is -0.150. The van der Waals surface area contributed by atoms with Gasteiger partial charge in [-0.3, -0.25) is 4.79 Å². The molecule has 1 aliphatic carbocycles. The Morgan fingerprint density at radius 2 is 1.97 bits per heavy atom. The van der Waals surface area contributed by atoms with Crippen molar-refractivity contribution in [3.05, 3.63) is 65.2 Å². The molecule has 0 aromatic heterocycles. The summed E-state index contributed by atoms with van der Waals surface area (Å²) in [6.07, 6.45) is 6.77. The molecule has 6 nitrogen and oxygen atoms in total. The van der Waals surface area contributed by atoms with Gasteiger partial charge in [0.1, 0.15) is 0 Å². The average Bonchev–Trinajstić information content (AvgIpc) is 2.77. The van der Waals surface area contributed by atoms with Gasteiger partial charge in [-0.1, -0.05) is 42.5 Å². The van der Waals surface area contributed by atoms with Crippen molar-refractivity contribution in [3.63, 3.8) is 0 Å². The van der Waals surface area contributed by atoms with Gasteiger partial charge in [0, 0.05) is 0 Å². The first kappa shape index (κ1) is 21.4. The van der Waals surface area contributed by atoms with Crippen molar-refractivity contribution >= 4 is 18.0 Å². The SMILES string of the molecule is C/C=C/c1ccc(OCC(=O)OCC(=O)N[C@@H]2CCCc3ccccc32)c(OC)c1. The van der Waals surface area contributed by atoms with Crippen molar-refractivity contribution in [2.75, 3.05) is 20.3 Å². The van der Waals surface area contributed by atoms with Crippen LogP contribution in [0.2, 0.25) is 0 Å². The highest BCUT2D eigenvalue weighted by Gasteiger charge is 2.21.